The van der Waals surface area contributed by atoms with Crippen molar-refractivity contribution in [3.63, 3.8) is 0 Å². The van der Waals surface area contributed by atoms with Crippen molar-refractivity contribution in [1.29, 1.82) is 0 Å². The summed E-state index contributed by atoms with van der Waals surface area (Å²) in [5.74, 6) is -0.474. The lowest BCUT2D eigenvalue weighted by molar-refractivity contribution is -0.157. The van der Waals surface area contributed by atoms with E-state index in [4.69, 9.17) is 4.74 Å². The summed E-state index contributed by atoms with van der Waals surface area (Å²) in [5.41, 5.74) is -1.62. The third-order valence-corrected chi connectivity index (χ3v) is 4.85. The van der Waals surface area contributed by atoms with Gasteiger partial charge in [-0.1, -0.05) is 43.5 Å². The Morgan fingerprint density at radius 3 is 2.41 bits per heavy atom. The summed E-state index contributed by atoms with van der Waals surface area (Å²) >= 11 is 0. The summed E-state index contributed by atoms with van der Waals surface area (Å²) in [6.07, 6.45) is 5.52. The van der Waals surface area contributed by atoms with Gasteiger partial charge < -0.3 is 14.7 Å². The number of hydrogen-bond acceptors (Lipinski definition) is 4. The summed E-state index contributed by atoms with van der Waals surface area (Å²) in [4.78, 5) is 14.5. The molecule has 1 fully saturated rings. The van der Waals surface area contributed by atoms with Crippen LogP contribution in [-0.4, -0.2) is 36.4 Å². The molecule has 0 aliphatic heterocycles. The highest BCUT2D eigenvalue weighted by Gasteiger charge is 2.57. The van der Waals surface area contributed by atoms with Gasteiger partial charge in [-0.2, -0.15) is 0 Å². The number of benzene rings is 1. The van der Waals surface area contributed by atoms with Gasteiger partial charge in [0.25, 0.3) is 0 Å². The molecule has 120 valence electrons. The number of esters is 1. The Hall–Kier alpha value is -1.81. The standard InChI is InChI=1S/C18H25NO3/c1-4-18(16(20)22-3,17(21)13-9-6-10-14-17)19(2)15-11-7-5-8-12-15/h4-5,7-8,11-12,21H,1,6,9-10,13-14H2,2-3H3. The highest BCUT2D eigenvalue weighted by Crippen LogP contribution is 2.43. The van der Waals surface area contributed by atoms with Gasteiger partial charge in [0, 0.05) is 12.7 Å². The molecule has 1 N–H and O–H groups in total. The molecular formula is C18H25NO3. The number of para-hydroxylation sites is 1. The zero-order valence-corrected chi connectivity index (χ0v) is 13.4. The minimum atomic E-state index is -1.29. The quantitative estimate of drug-likeness (QED) is 0.671. The van der Waals surface area contributed by atoms with Gasteiger partial charge in [-0.05, 0) is 25.0 Å². The zero-order valence-electron chi connectivity index (χ0n) is 13.4. The first-order valence-corrected chi connectivity index (χ1v) is 7.75. The maximum absolute atomic E-state index is 12.7. The molecule has 1 aliphatic carbocycles. The summed E-state index contributed by atoms with van der Waals surface area (Å²) in [7, 11) is 3.16. The average molecular weight is 303 g/mol. The van der Waals surface area contributed by atoms with Crippen molar-refractivity contribution in [1.82, 2.24) is 0 Å². The minimum Gasteiger partial charge on any atom is -0.467 e. The van der Waals surface area contributed by atoms with Crippen LogP contribution in [0.25, 0.3) is 0 Å². The number of anilines is 1. The fourth-order valence-corrected chi connectivity index (χ4v) is 3.58. The second-order valence-electron chi connectivity index (χ2n) is 5.95. The van der Waals surface area contributed by atoms with E-state index < -0.39 is 17.1 Å². The van der Waals surface area contributed by atoms with Gasteiger partial charge >= 0.3 is 5.97 Å². The van der Waals surface area contributed by atoms with E-state index in [1.54, 1.807) is 11.9 Å². The summed E-state index contributed by atoms with van der Waals surface area (Å²) in [5, 5.41) is 11.3. The van der Waals surface area contributed by atoms with Gasteiger partial charge in [-0.25, -0.2) is 4.79 Å². The minimum absolute atomic E-state index is 0.474. The third-order valence-electron chi connectivity index (χ3n) is 4.85. The van der Waals surface area contributed by atoms with Crippen molar-refractivity contribution in [2.45, 2.75) is 43.2 Å². The molecule has 0 radical (unpaired) electrons. The van der Waals surface area contributed by atoms with Crippen LogP contribution in [0.2, 0.25) is 0 Å². The number of rotatable bonds is 5. The van der Waals surface area contributed by atoms with Gasteiger partial charge in [0.15, 0.2) is 5.54 Å². The number of likely N-dealkylation sites (N-methyl/N-ethyl adjacent to an activating group) is 1. The first-order chi connectivity index (χ1) is 10.5. The number of carbonyl (C=O) groups is 1. The summed E-state index contributed by atoms with van der Waals surface area (Å²) in [6.45, 7) is 3.87. The van der Waals surface area contributed by atoms with E-state index in [2.05, 4.69) is 6.58 Å². The van der Waals surface area contributed by atoms with Crippen molar-refractivity contribution in [3.8, 4) is 0 Å². The number of methoxy groups -OCH3 is 1. The van der Waals surface area contributed by atoms with Gasteiger partial charge in [-0.3, -0.25) is 0 Å². The Morgan fingerprint density at radius 2 is 1.91 bits per heavy atom. The van der Waals surface area contributed by atoms with Crippen LogP contribution in [0, 0.1) is 0 Å². The third kappa shape index (κ3) is 2.52. The number of ether oxygens (including phenoxy) is 1. The Morgan fingerprint density at radius 1 is 1.32 bits per heavy atom. The lowest BCUT2D eigenvalue weighted by atomic mass is 9.69. The van der Waals surface area contributed by atoms with Gasteiger partial charge in [-0.15, -0.1) is 6.58 Å². The molecule has 4 nitrogen and oxygen atoms in total. The van der Waals surface area contributed by atoms with Crippen molar-refractivity contribution in [2.75, 3.05) is 19.1 Å². The Bertz CT molecular complexity index is 522. The number of nitrogens with zero attached hydrogens (tertiary/aromatic N) is 1. The maximum Gasteiger partial charge on any atom is 0.338 e. The first kappa shape index (κ1) is 16.6. The van der Waals surface area contributed by atoms with Gasteiger partial charge in [0.1, 0.15) is 5.60 Å². The summed E-state index contributed by atoms with van der Waals surface area (Å²) < 4.78 is 5.06. The van der Waals surface area contributed by atoms with E-state index >= 15 is 0 Å². The predicted octanol–water partition coefficient (Wildman–Crippen LogP) is 2.92. The van der Waals surface area contributed by atoms with Gasteiger partial charge in [0.05, 0.1) is 7.11 Å². The molecular weight excluding hydrogens is 278 g/mol. The Balaban J connectivity index is 2.54. The molecule has 0 heterocycles. The van der Waals surface area contributed by atoms with E-state index in [-0.39, 0.29) is 0 Å². The van der Waals surface area contributed by atoms with Crippen LogP contribution in [0.4, 0.5) is 5.69 Å². The highest BCUT2D eigenvalue weighted by atomic mass is 16.5. The fourth-order valence-electron chi connectivity index (χ4n) is 3.58. The van der Waals surface area contributed by atoms with Crippen LogP contribution in [-0.2, 0) is 9.53 Å². The van der Waals surface area contributed by atoms with E-state index in [0.29, 0.717) is 12.8 Å². The molecule has 0 saturated heterocycles. The van der Waals surface area contributed by atoms with Gasteiger partial charge in [0.2, 0.25) is 0 Å². The molecule has 1 aromatic carbocycles. The molecule has 0 aromatic heterocycles. The average Bonchev–Trinajstić information content (AvgIpc) is 2.56. The SMILES string of the molecule is C=CC(C(=O)OC)(N(C)c1ccccc1)C1(O)CCCCC1. The van der Waals surface area contributed by atoms with E-state index in [0.717, 1.165) is 24.9 Å². The molecule has 1 unspecified atom stereocenters. The number of aliphatic hydroxyl groups is 1. The molecule has 1 saturated carbocycles. The van der Waals surface area contributed by atoms with E-state index in [9.17, 15) is 9.90 Å². The topological polar surface area (TPSA) is 49.8 Å². The lowest BCUT2D eigenvalue weighted by Crippen LogP contribution is -2.68. The van der Waals surface area contributed by atoms with E-state index in [1.165, 1.54) is 13.2 Å². The summed E-state index contributed by atoms with van der Waals surface area (Å²) in [6, 6.07) is 9.55. The fraction of sp³-hybridized carbons (Fsp3) is 0.500. The lowest BCUT2D eigenvalue weighted by Gasteiger charge is -2.50. The monoisotopic (exact) mass is 303 g/mol. The predicted molar refractivity (Wildman–Crippen MR) is 87.8 cm³/mol. The second-order valence-corrected chi connectivity index (χ2v) is 5.95. The van der Waals surface area contributed by atoms with Crippen molar-refractivity contribution < 1.29 is 14.6 Å². The van der Waals surface area contributed by atoms with Crippen LogP contribution >= 0.6 is 0 Å². The van der Waals surface area contributed by atoms with Crippen molar-refractivity contribution >= 4 is 11.7 Å². The molecule has 0 bridgehead atoms. The Labute approximate surface area is 132 Å². The molecule has 4 heteroatoms. The van der Waals surface area contributed by atoms with Crippen LogP contribution in [0.5, 0.6) is 0 Å². The largest absolute Gasteiger partial charge is 0.467 e. The van der Waals surface area contributed by atoms with Crippen molar-refractivity contribution in [3.05, 3.63) is 43.0 Å². The Kier molecular flexibility index (Phi) is 4.91. The molecule has 1 aromatic rings. The molecule has 1 atom stereocenters. The zero-order chi connectivity index (χ0) is 16.2. The van der Waals surface area contributed by atoms with Crippen molar-refractivity contribution in [2.24, 2.45) is 0 Å². The maximum atomic E-state index is 12.7. The first-order valence-electron chi connectivity index (χ1n) is 7.75. The van der Waals surface area contributed by atoms with Crippen LogP contribution in [0.3, 0.4) is 0 Å². The van der Waals surface area contributed by atoms with Crippen LogP contribution in [0.1, 0.15) is 32.1 Å². The number of carbonyl (C=O) groups excluding carboxylic acids is 1. The molecule has 22 heavy (non-hydrogen) atoms. The molecule has 1 aliphatic rings. The second kappa shape index (κ2) is 6.53. The molecule has 0 spiro atoms. The molecule has 0 amide bonds. The van der Waals surface area contributed by atoms with Crippen LogP contribution < -0.4 is 4.90 Å². The number of hydrogen-bond donors (Lipinski definition) is 1. The van der Waals surface area contributed by atoms with E-state index in [1.807, 2.05) is 30.3 Å². The highest BCUT2D eigenvalue weighted by molar-refractivity contribution is 5.89. The van der Waals surface area contributed by atoms with Crippen LogP contribution in [0.15, 0.2) is 43.0 Å². The molecule has 2 rings (SSSR count). The smallest absolute Gasteiger partial charge is 0.338 e. The normalized spacial score (nSPS) is 19.8.